The SMILES string of the molecule is NNc1ccncc1C(=O)NCC1CCS(=O)(=O)C1. The van der Waals surface area contributed by atoms with Crippen molar-refractivity contribution in [3.8, 4) is 0 Å². The minimum atomic E-state index is -2.92. The highest BCUT2D eigenvalue weighted by Gasteiger charge is 2.28. The molecule has 8 heteroatoms. The molecular weight excluding hydrogens is 268 g/mol. The lowest BCUT2D eigenvalue weighted by atomic mass is 10.1. The third kappa shape index (κ3) is 3.42. The molecule has 1 amide bonds. The van der Waals surface area contributed by atoms with E-state index in [-0.39, 0.29) is 23.3 Å². The van der Waals surface area contributed by atoms with Crippen LogP contribution in [-0.2, 0) is 9.84 Å². The second-order valence-corrected chi connectivity index (χ2v) is 6.77. The minimum absolute atomic E-state index is 0.0140. The van der Waals surface area contributed by atoms with Gasteiger partial charge < -0.3 is 10.7 Å². The van der Waals surface area contributed by atoms with Gasteiger partial charge in [-0.1, -0.05) is 0 Å². The lowest BCUT2D eigenvalue weighted by Crippen LogP contribution is -2.30. The first-order valence-electron chi connectivity index (χ1n) is 5.91. The van der Waals surface area contributed by atoms with Gasteiger partial charge in [0, 0.05) is 18.9 Å². The molecule has 4 N–H and O–H groups in total. The zero-order valence-electron chi connectivity index (χ0n) is 10.3. The zero-order valence-corrected chi connectivity index (χ0v) is 11.1. The number of hydrogen-bond acceptors (Lipinski definition) is 6. The molecule has 1 atom stereocenters. The summed E-state index contributed by atoms with van der Waals surface area (Å²) in [5, 5.41) is 2.71. The van der Waals surface area contributed by atoms with Gasteiger partial charge in [-0.25, -0.2) is 8.42 Å². The van der Waals surface area contributed by atoms with E-state index in [9.17, 15) is 13.2 Å². The van der Waals surface area contributed by atoms with E-state index >= 15 is 0 Å². The standard InChI is InChI=1S/C11H16N4O3S/c12-15-10-1-3-13-6-9(10)11(16)14-5-8-2-4-19(17,18)7-8/h1,3,6,8H,2,4-5,7,12H2,(H,13,15)(H,14,16). The maximum atomic E-state index is 11.9. The first kappa shape index (κ1) is 13.8. The zero-order chi connectivity index (χ0) is 13.9. The van der Waals surface area contributed by atoms with Gasteiger partial charge in [-0.05, 0) is 18.4 Å². The molecule has 1 saturated heterocycles. The molecule has 7 nitrogen and oxygen atoms in total. The van der Waals surface area contributed by atoms with Gasteiger partial charge in [0.1, 0.15) is 0 Å². The molecular formula is C11H16N4O3S. The van der Waals surface area contributed by atoms with Crippen LogP contribution in [0.1, 0.15) is 16.8 Å². The van der Waals surface area contributed by atoms with E-state index in [0.29, 0.717) is 24.2 Å². The maximum absolute atomic E-state index is 11.9. The van der Waals surface area contributed by atoms with Crippen molar-refractivity contribution in [1.82, 2.24) is 10.3 Å². The molecule has 1 aliphatic rings. The van der Waals surface area contributed by atoms with E-state index in [2.05, 4.69) is 15.7 Å². The molecule has 2 rings (SSSR count). The Kier molecular flexibility index (Phi) is 4.01. The van der Waals surface area contributed by atoms with Crippen molar-refractivity contribution >= 4 is 21.4 Å². The molecule has 19 heavy (non-hydrogen) atoms. The minimum Gasteiger partial charge on any atom is -0.352 e. The number of nitrogen functional groups attached to an aromatic ring is 1. The first-order chi connectivity index (χ1) is 9.02. The third-order valence-electron chi connectivity index (χ3n) is 3.10. The van der Waals surface area contributed by atoms with Crippen LogP contribution >= 0.6 is 0 Å². The number of sulfone groups is 1. The fourth-order valence-electron chi connectivity index (χ4n) is 2.07. The molecule has 0 bridgehead atoms. The summed E-state index contributed by atoms with van der Waals surface area (Å²) in [6.07, 6.45) is 3.53. The fraction of sp³-hybridized carbons (Fsp3) is 0.455. The Balaban J connectivity index is 1.95. The van der Waals surface area contributed by atoms with E-state index in [1.165, 1.54) is 12.4 Å². The highest BCUT2D eigenvalue weighted by atomic mass is 32.2. The van der Waals surface area contributed by atoms with Gasteiger partial charge in [0.05, 0.1) is 22.8 Å². The Bertz CT molecular complexity index is 573. The number of nitrogens with one attached hydrogen (secondary N) is 2. The van der Waals surface area contributed by atoms with Crippen molar-refractivity contribution in [2.24, 2.45) is 11.8 Å². The van der Waals surface area contributed by atoms with E-state index in [0.717, 1.165) is 0 Å². The predicted molar refractivity (Wildman–Crippen MR) is 71.1 cm³/mol. The van der Waals surface area contributed by atoms with Crippen LogP contribution in [0.25, 0.3) is 0 Å². The normalized spacial score (nSPS) is 21.0. The average molecular weight is 284 g/mol. The monoisotopic (exact) mass is 284 g/mol. The summed E-state index contributed by atoms with van der Waals surface area (Å²) < 4.78 is 22.6. The second kappa shape index (κ2) is 5.54. The predicted octanol–water partition coefficient (Wildman–Crippen LogP) is -0.468. The molecule has 2 heterocycles. The van der Waals surface area contributed by atoms with Crippen LogP contribution in [0.15, 0.2) is 18.5 Å². The molecule has 1 fully saturated rings. The smallest absolute Gasteiger partial charge is 0.255 e. The molecule has 1 aromatic heterocycles. The summed E-state index contributed by atoms with van der Waals surface area (Å²) in [5.74, 6) is 5.32. The Morgan fingerprint density at radius 1 is 1.53 bits per heavy atom. The van der Waals surface area contributed by atoms with E-state index < -0.39 is 9.84 Å². The maximum Gasteiger partial charge on any atom is 0.255 e. The van der Waals surface area contributed by atoms with Crippen molar-refractivity contribution in [2.45, 2.75) is 6.42 Å². The Hall–Kier alpha value is -1.67. The molecule has 1 aromatic rings. The van der Waals surface area contributed by atoms with Crippen molar-refractivity contribution in [2.75, 3.05) is 23.5 Å². The quantitative estimate of drug-likeness (QED) is 0.509. The van der Waals surface area contributed by atoms with Crippen LogP contribution in [0.5, 0.6) is 0 Å². The Morgan fingerprint density at radius 3 is 2.95 bits per heavy atom. The largest absolute Gasteiger partial charge is 0.352 e. The van der Waals surface area contributed by atoms with Crippen molar-refractivity contribution in [3.05, 3.63) is 24.0 Å². The Morgan fingerprint density at radius 2 is 2.32 bits per heavy atom. The molecule has 0 aromatic carbocycles. The van der Waals surface area contributed by atoms with Gasteiger partial charge in [-0.15, -0.1) is 0 Å². The number of anilines is 1. The highest BCUT2D eigenvalue weighted by Crippen LogP contribution is 2.18. The number of carbonyl (C=O) groups excluding carboxylic acids is 1. The molecule has 0 aliphatic carbocycles. The number of amides is 1. The summed E-state index contributed by atoms with van der Waals surface area (Å²) in [5.41, 5.74) is 3.24. The number of rotatable bonds is 4. The number of carbonyl (C=O) groups is 1. The van der Waals surface area contributed by atoms with Crippen LogP contribution in [0, 0.1) is 5.92 Å². The van der Waals surface area contributed by atoms with Crippen LogP contribution in [0.4, 0.5) is 5.69 Å². The summed E-state index contributed by atoms with van der Waals surface area (Å²) in [6, 6.07) is 1.59. The van der Waals surface area contributed by atoms with E-state index in [1.54, 1.807) is 6.07 Å². The van der Waals surface area contributed by atoms with Crippen LogP contribution < -0.4 is 16.6 Å². The van der Waals surface area contributed by atoms with Gasteiger partial charge >= 0.3 is 0 Å². The number of nitrogens with two attached hydrogens (primary N) is 1. The van der Waals surface area contributed by atoms with E-state index in [1.807, 2.05) is 0 Å². The topological polar surface area (TPSA) is 114 Å². The number of nitrogens with zero attached hydrogens (tertiary/aromatic N) is 1. The lowest BCUT2D eigenvalue weighted by Gasteiger charge is -2.11. The molecule has 0 radical (unpaired) electrons. The number of hydrogen-bond donors (Lipinski definition) is 3. The summed E-state index contributed by atoms with van der Waals surface area (Å²) >= 11 is 0. The van der Waals surface area contributed by atoms with Crippen molar-refractivity contribution in [3.63, 3.8) is 0 Å². The lowest BCUT2D eigenvalue weighted by molar-refractivity contribution is 0.0949. The van der Waals surface area contributed by atoms with Gasteiger partial charge in [0.15, 0.2) is 9.84 Å². The molecule has 0 saturated carbocycles. The highest BCUT2D eigenvalue weighted by molar-refractivity contribution is 7.91. The third-order valence-corrected chi connectivity index (χ3v) is 4.94. The van der Waals surface area contributed by atoms with Crippen LogP contribution in [0.2, 0.25) is 0 Å². The molecule has 1 unspecified atom stereocenters. The second-order valence-electron chi connectivity index (χ2n) is 4.54. The van der Waals surface area contributed by atoms with Gasteiger partial charge in [-0.2, -0.15) is 0 Å². The number of aromatic nitrogens is 1. The summed E-state index contributed by atoms with van der Waals surface area (Å²) in [7, 11) is -2.92. The number of pyridine rings is 1. The molecule has 0 spiro atoms. The van der Waals surface area contributed by atoms with Gasteiger partial charge in [0.25, 0.3) is 5.91 Å². The number of hydrazine groups is 1. The van der Waals surface area contributed by atoms with Crippen LogP contribution in [-0.4, -0.2) is 37.4 Å². The van der Waals surface area contributed by atoms with E-state index in [4.69, 9.17) is 5.84 Å². The first-order valence-corrected chi connectivity index (χ1v) is 7.73. The fourth-order valence-corrected chi connectivity index (χ4v) is 3.93. The summed E-state index contributed by atoms with van der Waals surface area (Å²) in [4.78, 5) is 15.8. The average Bonchev–Trinajstić information content (AvgIpc) is 2.75. The molecule has 1 aliphatic heterocycles. The Labute approximate surface area is 111 Å². The van der Waals surface area contributed by atoms with Crippen molar-refractivity contribution in [1.29, 1.82) is 0 Å². The van der Waals surface area contributed by atoms with Crippen molar-refractivity contribution < 1.29 is 13.2 Å². The van der Waals surface area contributed by atoms with Gasteiger partial charge in [-0.3, -0.25) is 15.6 Å². The van der Waals surface area contributed by atoms with Crippen LogP contribution in [0.3, 0.4) is 0 Å². The van der Waals surface area contributed by atoms with Gasteiger partial charge in [0.2, 0.25) is 0 Å². The molecule has 104 valence electrons. The summed E-state index contributed by atoms with van der Waals surface area (Å²) in [6.45, 7) is 0.344.